The fraction of sp³-hybridized carbons (Fsp3) is 0.815. The van der Waals surface area contributed by atoms with Gasteiger partial charge >= 0.3 is 5.97 Å². The zero-order valence-electron chi connectivity index (χ0n) is 21.3. The number of unbranched alkanes of at least 4 members (excludes halogenated alkanes) is 3. The van der Waals surface area contributed by atoms with Crippen LogP contribution in [0.15, 0.2) is 24.3 Å². The topological polar surface area (TPSA) is 76.0 Å². The molecule has 1 fully saturated rings. The summed E-state index contributed by atoms with van der Waals surface area (Å²) >= 11 is 0. The normalized spacial score (nSPS) is 25.3. The van der Waals surface area contributed by atoms with E-state index >= 15 is 0 Å². The highest BCUT2D eigenvalue weighted by molar-refractivity contribution is 5.69. The van der Waals surface area contributed by atoms with Gasteiger partial charge in [-0.3, -0.25) is 4.79 Å². The maximum atomic E-state index is 11.6. The minimum absolute atomic E-state index is 0.00525. The van der Waals surface area contributed by atoms with Crippen LogP contribution in [0.5, 0.6) is 0 Å². The van der Waals surface area contributed by atoms with Gasteiger partial charge in [0.15, 0.2) is 0 Å². The summed E-state index contributed by atoms with van der Waals surface area (Å²) in [6.07, 6.45) is 14.8. The predicted octanol–water partition coefficient (Wildman–Crippen LogP) is 5.73. The molecule has 186 valence electrons. The van der Waals surface area contributed by atoms with Crippen LogP contribution in [0.25, 0.3) is 0 Å². The predicted molar refractivity (Wildman–Crippen MR) is 130 cm³/mol. The summed E-state index contributed by atoms with van der Waals surface area (Å²) in [5.41, 5.74) is -0.223. The van der Waals surface area contributed by atoms with E-state index < -0.39 is 12.2 Å². The molecular weight excluding hydrogens is 404 g/mol. The van der Waals surface area contributed by atoms with Gasteiger partial charge in [0.05, 0.1) is 30.0 Å². The van der Waals surface area contributed by atoms with E-state index in [1.807, 2.05) is 13.8 Å². The zero-order valence-corrected chi connectivity index (χ0v) is 21.3. The second kappa shape index (κ2) is 14.9. The van der Waals surface area contributed by atoms with Gasteiger partial charge in [-0.15, -0.1) is 0 Å². The Hall–Kier alpha value is -1.17. The van der Waals surface area contributed by atoms with E-state index in [9.17, 15) is 15.0 Å². The lowest BCUT2D eigenvalue weighted by atomic mass is 9.89. The smallest absolute Gasteiger partial charge is 0.306 e. The Labute approximate surface area is 196 Å². The van der Waals surface area contributed by atoms with Gasteiger partial charge in [0, 0.05) is 18.8 Å². The first-order valence-electron chi connectivity index (χ1n) is 12.6. The first-order chi connectivity index (χ1) is 15.0. The van der Waals surface area contributed by atoms with Crippen molar-refractivity contribution in [3.8, 4) is 0 Å². The third-order valence-electron chi connectivity index (χ3n) is 5.75. The van der Waals surface area contributed by atoms with Gasteiger partial charge in [0.25, 0.3) is 0 Å². The summed E-state index contributed by atoms with van der Waals surface area (Å²) in [7, 11) is 0. The van der Waals surface area contributed by atoms with Crippen LogP contribution < -0.4 is 0 Å². The van der Waals surface area contributed by atoms with Gasteiger partial charge in [-0.2, -0.15) is 0 Å². The molecule has 0 aromatic rings. The average Bonchev–Trinajstić information content (AvgIpc) is 2.93. The van der Waals surface area contributed by atoms with Gasteiger partial charge in [-0.05, 0) is 66.2 Å². The van der Waals surface area contributed by atoms with Crippen molar-refractivity contribution in [2.75, 3.05) is 0 Å². The van der Waals surface area contributed by atoms with Crippen LogP contribution in [0.3, 0.4) is 0 Å². The molecular formula is C27H48O5. The Kier molecular flexibility index (Phi) is 13.4. The number of allylic oxidation sites excluding steroid dienone is 2. The van der Waals surface area contributed by atoms with Crippen LogP contribution in [-0.2, 0) is 14.3 Å². The van der Waals surface area contributed by atoms with Gasteiger partial charge in [0.2, 0.25) is 0 Å². The van der Waals surface area contributed by atoms with Crippen molar-refractivity contribution in [2.24, 2.45) is 11.8 Å². The molecule has 1 aliphatic rings. The SMILES string of the molecule is CCCCC[C@@H](/C=C/[C@@H]1[C@@H](C/C=C\CCCC(=O)OC(C)C)[C@@H](O)C[C@H]1O)OC(C)(C)C. The van der Waals surface area contributed by atoms with Crippen LogP contribution in [0.4, 0.5) is 0 Å². The molecule has 0 heterocycles. The third-order valence-corrected chi connectivity index (χ3v) is 5.75. The number of aliphatic hydroxyl groups is 2. The molecule has 5 atom stereocenters. The third kappa shape index (κ3) is 12.2. The molecule has 0 bridgehead atoms. The van der Waals surface area contributed by atoms with Crippen molar-refractivity contribution in [3.63, 3.8) is 0 Å². The summed E-state index contributed by atoms with van der Waals surface area (Å²) in [5.74, 6) is -0.235. The molecule has 0 saturated heterocycles. The zero-order chi connectivity index (χ0) is 24.1. The maximum Gasteiger partial charge on any atom is 0.306 e. The van der Waals surface area contributed by atoms with Gasteiger partial charge in [0.1, 0.15) is 0 Å². The van der Waals surface area contributed by atoms with Crippen LogP contribution in [0.1, 0.15) is 99.3 Å². The first kappa shape index (κ1) is 28.9. The van der Waals surface area contributed by atoms with E-state index in [0.717, 1.165) is 25.7 Å². The summed E-state index contributed by atoms with van der Waals surface area (Å²) in [6, 6.07) is 0. The molecule has 32 heavy (non-hydrogen) atoms. The molecule has 1 saturated carbocycles. The van der Waals surface area contributed by atoms with E-state index in [0.29, 0.717) is 19.3 Å². The van der Waals surface area contributed by atoms with Crippen molar-refractivity contribution in [3.05, 3.63) is 24.3 Å². The molecule has 0 unspecified atom stereocenters. The Morgan fingerprint density at radius 2 is 1.81 bits per heavy atom. The summed E-state index contributed by atoms with van der Waals surface area (Å²) in [5, 5.41) is 21.0. The van der Waals surface area contributed by atoms with Crippen LogP contribution in [-0.4, -0.2) is 46.2 Å². The van der Waals surface area contributed by atoms with Gasteiger partial charge < -0.3 is 19.7 Å². The number of rotatable bonds is 14. The minimum atomic E-state index is -0.531. The molecule has 5 nitrogen and oxygen atoms in total. The van der Waals surface area contributed by atoms with E-state index in [1.54, 1.807) is 0 Å². The highest BCUT2D eigenvalue weighted by atomic mass is 16.5. The summed E-state index contributed by atoms with van der Waals surface area (Å²) in [6.45, 7) is 12.1. The number of carbonyl (C=O) groups is 1. The lowest BCUT2D eigenvalue weighted by molar-refractivity contribution is -0.147. The van der Waals surface area contributed by atoms with Crippen molar-refractivity contribution in [1.29, 1.82) is 0 Å². The Morgan fingerprint density at radius 1 is 1.09 bits per heavy atom. The van der Waals surface area contributed by atoms with Crippen molar-refractivity contribution >= 4 is 5.97 Å². The number of esters is 1. The maximum absolute atomic E-state index is 11.6. The second-order valence-corrected chi connectivity index (χ2v) is 10.4. The highest BCUT2D eigenvalue weighted by Gasteiger charge is 2.39. The number of carbonyl (C=O) groups excluding carboxylic acids is 1. The quantitative estimate of drug-likeness (QED) is 0.200. The Morgan fingerprint density at radius 3 is 2.44 bits per heavy atom. The van der Waals surface area contributed by atoms with Gasteiger partial charge in [-0.1, -0.05) is 50.5 Å². The molecule has 0 aromatic heterocycles. The van der Waals surface area contributed by atoms with Crippen LogP contribution in [0.2, 0.25) is 0 Å². The Bertz CT molecular complexity index is 575. The molecule has 0 aromatic carbocycles. The monoisotopic (exact) mass is 452 g/mol. The molecule has 1 rings (SSSR count). The fourth-order valence-corrected chi connectivity index (χ4v) is 4.26. The van der Waals surface area contributed by atoms with Crippen molar-refractivity contribution in [2.45, 2.75) is 129 Å². The van der Waals surface area contributed by atoms with E-state index in [2.05, 4.69) is 52.0 Å². The lowest BCUT2D eigenvalue weighted by Gasteiger charge is -2.27. The fourth-order valence-electron chi connectivity index (χ4n) is 4.26. The lowest BCUT2D eigenvalue weighted by Crippen LogP contribution is -2.27. The number of aliphatic hydroxyl groups excluding tert-OH is 2. The first-order valence-corrected chi connectivity index (χ1v) is 12.6. The molecule has 1 aliphatic carbocycles. The molecule has 0 amide bonds. The molecule has 5 heteroatoms. The number of hydrogen-bond acceptors (Lipinski definition) is 5. The highest BCUT2D eigenvalue weighted by Crippen LogP contribution is 2.36. The minimum Gasteiger partial charge on any atom is -0.463 e. The van der Waals surface area contributed by atoms with E-state index in [1.165, 1.54) is 12.8 Å². The van der Waals surface area contributed by atoms with E-state index in [-0.39, 0.29) is 35.6 Å². The van der Waals surface area contributed by atoms with Crippen LogP contribution >= 0.6 is 0 Å². The molecule has 0 aliphatic heterocycles. The second-order valence-electron chi connectivity index (χ2n) is 10.4. The summed E-state index contributed by atoms with van der Waals surface area (Å²) < 4.78 is 11.4. The van der Waals surface area contributed by atoms with E-state index in [4.69, 9.17) is 9.47 Å². The van der Waals surface area contributed by atoms with Crippen LogP contribution in [0, 0.1) is 11.8 Å². The molecule has 2 N–H and O–H groups in total. The Balaban J connectivity index is 2.61. The molecule has 0 radical (unpaired) electrons. The van der Waals surface area contributed by atoms with Crippen molar-refractivity contribution < 1.29 is 24.5 Å². The largest absolute Gasteiger partial charge is 0.463 e. The standard InChI is InChI=1S/C27H48O5/c1-7-8-11-14-21(32-27(4,5)6)17-18-23-22(24(28)19-25(23)29)15-12-9-10-13-16-26(30)31-20(2)3/h9,12,17-18,20-25,28-29H,7-8,10-11,13-16,19H2,1-6H3/b12-9-,18-17+/t21-,22+,23+,24-,25+/m0/s1. The van der Waals surface area contributed by atoms with Crippen molar-refractivity contribution in [1.82, 2.24) is 0 Å². The molecule has 0 spiro atoms. The summed E-state index contributed by atoms with van der Waals surface area (Å²) in [4.78, 5) is 11.6. The van der Waals surface area contributed by atoms with Gasteiger partial charge in [-0.25, -0.2) is 0 Å². The number of ether oxygens (including phenoxy) is 2. The average molecular weight is 453 g/mol. The number of hydrogen-bond donors (Lipinski definition) is 2.